The largest absolute Gasteiger partial charge is 0.339 e. The Kier molecular flexibility index (Phi) is 11.5. The molecule has 0 unspecified atom stereocenters. The number of carbonyl (C=O) groups excluding carboxylic acids is 2. The van der Waals surface area contributed by atoms with E-state index >= 15 is 0 Å². The molecule has 1 aromatic rings. The maximum Gasteiger partial charge on any atom is 0.253 e. The second-order valence-electron chi connectivity index (χ2n) is 8.28. The summed E-state index contributed by atoms with van der Waals surface area (Å²) < 4.78 is 0. The second-order valence-corrected chi connectivity index (χ2v) is 8.28. The van der Waals surface area contributed by atoms with Crippen molar-refractivity contribution in [1.82, 2.24) is 10.2 Å². The Bertz CT molecular complexity index is 675. The molecule has 0 heterocycles. The predicted octanol–water partition coefficient (Wildman–Crippen LogP) is 5.41. The number of rotatable bonds is 14. The molecular formula is C25H40N2O2. The van der Waals surface area contributed by atoms with E-state index in [0.29, 0.717) is 23.5 Å². The van der Waals surface area contributed by atoms with Gasteiger partial charge in [0.25, 0.3) is 5.91 Å². The third kappa shape index (κ3) is 8.95. The summed E-state index contributed by atoms with van der Waals surface area (Å²) in [7, 11) is 1.95. The first-order valence-corrected chi connectivity index (χ1v) is 11.0. The smallest absolute Gasteiger partial charge is 0.253 e. The zero-order valence-corrected chi connectivity index (χ0v) is 19.1. The van der Waals surface area contributed by atoms with Crippen molar-refractivity contribution < 1.29 is 9.59 Å². The third-order valence-electron chi connectivity index (χ3n) is 5.07. The van der Waals surface area contributed by atoms with Gasteiger partial charge in [-0.1, -0.05) is 19.4 Å². The molecule has 29 heavy (non-hydrogen) atoms. The van der Waals surface area contributed by atoms with Gasteiger partial charge in [-0.05, 0) is 89.2 Å². The standard InChI is InChI=1S/C25H40N2O2/c1-7-12-27(13-8-2)25(29)23-16-20(5)15-22(18-23)24(28)17-21(14-19(3)4)10-9-11-26-6/h15-16,18,21,26H,3,7-14,17H2,1-2,4-6H3/t21-/m1/s1. The summed E-state index contributed by atoms with van der Waals surface area (Å²) in [5, 5.41) is 3.17. The molecule has 1 aromatic carbocycles. The van der Waals surface area contributed by atoms with Gasteiger partial charge in [0.2, 0.25) is 0 Å². The van der Waals surface area contributed by atoms with E-state index in [0.717, 1.165) is 62.9 Å². The topological polar surface area (TPSA) is 49.4 Å². The highest BCUT2D eigenvalue weighted by molar-refractivity contribution is 6.01. The minimum atomic E-state index is 0.0268. The Balaban J connectivity index is 2.99. The normalized spacial score (nSPS) is 11.9. The molecule has 0 spiro atoms. The van der Waals surface area contributed by atoms with Crippen molar-refractivity contribution in [1.29, 1.82) is 0 Å². The number of aryl methyl sites for hydroxylation is 1. The first kappa shape index (κ1) is 25.1. The second kappa shape index (κ2) is 13.3. The summed E-state index contributed by atoms with van der Waals surface area (Å²) in [6, 6.07) is 5.60. The van der Waals surface area contributed by atoms with E-state index in [1.54, 1.807) is 6.07 Å². The lowest BCUT2D eigenvalue weighted by molar-refractivity contribution is 0.0755. The Morgan fingerprint density at radius 1 is 1.07 bits per heavy atom. The molecule has 162 valence electrons. The molecule has 1 rings (SSSR count). The fraction of sp³-hybridized carbons (Fsp3) is 0.600. The van der Waals surface area contributed by atoms with Gasteiger partial charge in [-0.15, -0.1) is 6.58 Å². The molecule has 4 heteroatoms. The van der Waals surface area contributed by atoms with Crippen LogP contribution in [-0.2, 0) is 0 Å². The quantitative estimate of drug-likeness (QED) is 0.258. The van der Waals surface area contributed by atoms with E-state index in [1.807, 2.05) is 37.9 Å². The van der Waals surface area contributed by atoms with E-state index < -0.39 is 0 Å². The van der Waals surface area contributed by atoms with Gasteiger partial charge in [0.15, 0.2) is 5.78 Å². The molecule has 1 atom stereocenters. The minimum absolute atomic E-state index is 0.0268. The van der Waals surface area contributed by atoms with Crippen molar-refractivity contribution in [2.24, 2.45) is 5.92 Å². The van der Waals surface area contributed by atoms with Crippen LogP contribution in [0.4, 0.5) is 0 Å². The van der Waals surface area contributed by atoms with Crippen molar-refractivity contribution in [2.75, 3.05) is 26.7 Å². The van der Waals surface area contributed by atoms with Crippen LogP contribution in [0.1, 0.15) is 85.6 Å². The van der Waals surface area contributed by atoms with E-state index in [2.05, 4.69) is 25.7 Å². The zero-order valence-electron chi connectivity index (χ0n) is 19.1. The highest BCUT2D eigenvalue weighted by atomic mass is 16.2. The van der Waals surface area contributed by atoms with Crippen LogP contribution in [0.3, 0.4) is 0 Å². The number of amides is 1. The number of nitrogens with zero attached hydrogens (tertiary/aromatic N) is 1. The lowest BCUT2D eigenvalue weighted by Crippen LogP contribution is -2.32. The number of benzene rings is 1. The van der Waals surface area contributed by atoms with Gasteiger partial charge in [-0.25, -0.2) is 0 Å². The predicted molar refractivity (Wildman–Crippen MR) is 123 cm³/mol. The lowest BCUT2D eigenvalue weighted by Gasteiger charge is -2.22. The van der Waals surface area contributed by atoms with Crippen LogP contribution < -0.4 is 5.32 Å². The molecule has 0 bridgehead atoms. The first-order valence-electron chi connectivity index (χ1n) is 11.0. The van der Waals surface area contributed by atoms with Crippen LogP contribution in [0.2, 0.25) is 0 Å². The number of carbonyl (C=O) groups is 2. The molecule has 0 saturated carbocycles. The Labute approximate surface area is 177 Å². The van der Waals surface area contributed by atoms with Gasteiger partial charge in [0, 0.05) is 30.6 Å². The molecule has 0 radical (unpaired) electrons. The van der Waals surface area contributed by atoms with Gasteiger partial charge >= 0.3 is 0 Å². The van der Waals surface area contributed by atoms with Gasteiger partial charge in [-0.2, -0.15) is 0 Å². The van der Waals surface area contributed by atoms with Crippen molar-refractivity contribution in [3.63, 3.8) is 0 Å². The van der Waals surface area contributed by atoms with Crippen molar-refractivity contribution in [3.8, 4) is 0 Å². The summed E-state index contributed by atoms with van der Waals surface area (Å²) in [5.41, 5.74) is 3.35. The molecule has 0 aromatic heterocycles. The van der Waals surface area contributed by atoms with Gasteiger partial charge in [0.1, 0.15) is 0 Å². The highest BCUT2D eigenvalue weighted by Gasteiger charge is 2.19. The maximum atomic E-state index is 13.0. The van der Waals surface area contributed by atoms with Crippen molar-refractivity contribution in [3.05, 3.63) is 47.0 Å². The van der Waals surface area contributed by atoms with Crippen molar-refractivity contribution in [2.45, 2.75) is 66.2 Å². The number of hydrogen-bond donors (Lipinski definition) is 1. The van der Waals surface area contributed by atoms with Crippen LogP contribution in [0, 0.1) is 12.8 Å². The number of Topliss-reactive ketones (excluding diaryl/α,β-unsaturated/α-hetero) is 1. The summed E-state index contributed by atoms with van der Waals surface area (Å²) in [4.78, 5) is 27.9. The van der Waals surface area contributed by atoms with Gasteiger partial charge in [0.05, 0.1) is 0 Å². The van der Waals surface area contributed by atoms with Crippen molar-refractivity contribution >= 4 is 11.7 Å². The van der Waals surface area contributed by atoms with E-state index in [1.165, 1.54) is 0 Å². The average Bonchev–Trinajstić information content (AvgIpc) is 2.66. The fourth-order valence-electron chi connectivity index (χ4n) is 3.82. The van der Waals surface area contributed by atoms with Crippen LogP contribution in [0.15, 0.2) is 30.4 Å². The Hall–Kier alpha value is -1.94. The van der Waals surface area contributed by atoms with Gasteiger partial charge in [-0.3, -0.25) is 9.59 Å². The summed E-state index contributed by atoms with van der Waals surface area (Å²) in [5.74, 6) is 0.444. The van der Waals surface area contributed by atoms with Crippen LogP contribution in [0.5, 0.6) is 0 Å². The molecule has 0 saturated heterocycles. The minimum Gasteiger partial charge on any atom is -0.339 e. The average molecular weight is 401 g/mol. The van der Waals surface area contributed by atoms with Crippen LogP contribution in [0.25, 0.3) is 0 Å². The van der Waals surface area contributed by atoms with Crippen LogP contribution >= 0.6 is 0 Å². The van der Waals surface area contributed by atoms with E-state index in [9.17, 15) is 9.59 Å². The lowest BCUT2D eigenvalue weighted by atomic mass is 9.88. The zero-order chi connectivity index (χ0) is 21.8. The summed E-state index contributed by atoms with van der Waals surface area (Å²) in [6.07, 6.45) is 5.27. The van der Waals surface area contributed by atoms with Crippen LogP contribution in [-0.4, -0.2) is 43.3 Å². The number of ketones is 1. The highest BCUT2D eigenvalue weighted by Crippen LogP contribution is 2.23. The molecule has 0 aliphatic heterocycles. The Morgan fingerprint density at radius 3 is 2.24 bits per heavy atom. The molecule has 0 aliphatic carbocycles. The molecular weight excluding hydrogens is 360 g/mol. The fourth-order valence-corrected chi connectivity index (χ4v) is 3.82. The maximum absolute atomic E-state index is 13.0. The molecule has 0 aliphatic rings. The summed E-state index contributed by atoms with van der Waals surface area (Å²) >= 11 is 0. The number of allylic oxidation sites excluding steroid dienone is 1. The summed E-state index contributed by atoms with van der Waals surface area (Å²) in [6.45, 7) is 14.6. The number of nitrogens with one attached hydrogen (secondary N) is 1. The van der Waals surface area contributed by atoms with E-state index in [4.69, 9.17) is 0 Å². The SMILES string of the molecule is C=C(C)C[C@@H](CCCNC)CC(=O)c1cc(C)cc(C(=O)N(CCC)CCC)c1. The molecule has 1 N–H and O–H groups in total. The monoisotopic (exact) mass is 400 g/mol. The molecule has 1 amide bonds. The molecule has 0 fully saturated rings. The molecule has 4 nitrogen and oxygen atoms in total. The Morgan fingerprint density at radius 2 is 1.69 bits per heavy atom. The number of hydrogen-bond acceptors (Lipinski definition) is 3. The van der Waals surface area contributed by atoms with E-state index in [-0.39, 0.29) is 11.7 Å². The first-order chi connectivity index (χ1) is 13.8. The van der Waals surface area contributed by atoms with Gasteiger partial charge < -0.3 is 10.2 Å². The third-order valence-corrected chi connectivity index (χ3v) is 5.07.